The molecule has 0 N–H and O–H groups in total. The Labute approximate surface area is 163 Å². The molecule has 0 spiro atoms. The van der Waals surface area contributed by atoms with Crippen molar-refractivity contribution in [1.82, 2.24) is 14.5 Å². The number of thioether (sulfide) groups is 1. The number of likely N-dealkylation sites (N-methyl/N-ethyl adjacent to an activating group) is 1. The number of benzene rings is 2. The van der Waals surface area contributed by atoms with E-state index >= 15 is 0 Å². The molecule has 0 aliphatic carbocycles. The molecule has 1 aromatic heterocycles. The van der Waals surface area contributed by atoms with Gasteiger partial charge in [-0.2, -0.15) is 0 Å². The molecule has 1 amide bonds. The zero-order chi connectivity index (χ0) is 18.7. The molecule has 4 nitrogen and oxygen atoms in total. The van der Waals surface area contributed by atoms with Crippen LogP contribution in [0.5, 0.6) is 0 Å². The fourth-order valence-corrected chi connectivity index (χ4v) is 4.29. The van der Waals surface area contributed by atoms with Crippen molar-refractivity contribution >= 4 is 40.3 Å². The third kappa shape index (κ3) is 3.89. The van der Waals surface area contributed by atoms with Crippen LogP contribution in [0, 0.1) is 0 Å². The minimum absolute atomic E-state index is 0.0503. The average molecular weight is 388 g/mol. The van der Waals surface area contributed by atoms with Gasteiger partial charge in [-0.1, -0.05) is 60.6 Å². The summed E-state index contributed by atoms with van der Waals surface area (Å²) in [6.45, 7) is 2.98. The molecule has 0 fully saturated rings. The van der Waals surface area contributed by atoms with E-state index in [2.05, 4.69) is 11.5 Å². The van der Waals surface area contributed by atoms with Crippen molar-refractivity contribution < 1.29 is 4.79 Å². The lowest BCUT2D eigenvalue weighted by atomic mass is 10.1. The molecule has 0 aliphatic rings. The summed E-state index contributed by atoms with van der Waals surface area (Å²) in [5, 5.41) is 1.17. The van der Waals surface area contributed by atoms with Crippen LogP contribution < -0.4 is 0 Å². The number of rotatable bonds is 6. The van der Waals surface area contributed by atoms with Crippen molar-refractivity contribution in [3.63, 3.8) is 0 Å². The first-order chi connectivity index (χ1) is 12.5. The Kier molecular flexibility index (Phi) is 5.89. The van der Waals surface area contributed by atoms with Crippen LogP contribution in [0.15, 0.2) is 53.7 Å². The van der Waals surface area contributed by atoms with Gasteiger partial charge in [0.1, 0.15) is 5.25 Å². The Bertz CT molecular complexity index is 908. The van der Waals surface area contributed by atoms with Crippen molar-refractivity contribution in [2.75, 3.05) is 14.1 Å². The number of amides is 1. The van der Waals surface area contributed by atoms with E-state index in [1.165, 1.54) is 11.8 Å². The van der Waals surface area contributed by atoms with Gasteiger partial charge in [0.15, 0.2) is 5.16 Å². The number of hydrogen-bond acceptors (Lipinski definition) is 3. The Morgan fingerprint density at radius 3 is 2.62 bits per heavy atom. The van der Waals surface area contributed by atoms with Gasteiger partial charge in [0.2, 0.25) is 5.91 Å². The van der Waals surface area contributed by atoms with E-state index in [0.29, 0.717) is 5.02 Å². The third-order valence-corrected chi connectivity index (χ3v) is 5.58. The van der Waals surface area contributed by atoms with Crippen molar-refractivity contribution in [2.45, 2.75) is 30.3 Å². The summed E-state index contributed by atoms with van der Waals surface area (Å²) in [5.74, 6) is 0.0503. The van der Waals surface area contributed by atoms with Gasteiger partial charge < -0.3 is 9.47 Å². The van der Waals surface area contributed by atoms with Crippen LogP contribution >= 0.6 is 23.4 Å². The fraction of sp³-hybridized carbons (Fsp3) is 0.300. The predicted molar refractivity (Wildman–Crippen MR) is 109 cm³/mol. The van der Waals surface area contributed by atoms with Crippen LogP contribution in [0.1, 0.15) is 24.2 Å². The van der Waals surface area contributed by atoms with Crippen molar-refractivity contribution in [1.29, 1.82) is 0 Å². The first-order valence-corrected chi connectivity index (χ1v) is 9.85. The Balaban J connectivity index is 2.06. The second-order valence-corrected chi connectivity index (χ2v) is 7.83. The van der Waals surface area contributed by atoms with E-state index in [4.69, 9.17) is 16.6 Å². The molecule has 1 heterocycles. The van der Waals surface area contributed by atoms with E-state index in [0.717, 1.165) is 34.7 Å². The molecule has 2 aromatic carbocycles. The van der Waals surface area contributed by atoms with Gasteiger partial charge in [-0.15, -0.1) is 0 Å². The molecule has 0 saturated heterocycles. The number of halogens is 1. The number of carbonyl (C=O) groups is 1. The quantitative estimate of drug-likeness (QED) is 0.557. The largest absolute Gasteiger partial charge is 0.348 e. The molecule has 3 aromatic rings. The summed E-state index contributed by atoms with van der Waals surface area (Å²) >= 11 is 7.63. The van der Waals surface area contributed by atoms with Crippen molar-refractivity contribution in [3.8, 4) is 0 Å². The fourth-order valence-electron chi connectivity index (χ4n) is 2.84. The Hall–Kier alpha value is -1.98. The van der Waals surface area contributed by atoms with Gasteiger partial charge in [0.05, 0.1) is 11.0 Å². The van der Waals surface area contributed by atoms with Gasteiger partial charge >= 0.3 is 0 Å². The monoisotopic (exact) mass is 387 g/mol. The number of aryl methyl sites for hydroxylation is 1. The minimum atomic E-state index is -0.339. The molecule has 6 heteroatoms. The van der Waals surface area contributed by atoms with Gasteiger partial charge in [0, 0.05) is 25.7 Å². The topological polar surface area (TPSA) is 38.1 Å². The number of carbonyl (C=O) groups excluding carboxylic acids is 1. The number of hydrogen-bond donors (Lipinski definition) is 0. The van der Waals surface area contributed by atoms with E-state index < -0.39 is 0 Å². The summed E-state index contributed by atoms with van der Waals surface area (Å²) in [4.78, 5) is 19.2. The van der Waals surface area contributed by atoms with Crippen LogP contribution in [0.4, 0.5) is 0 Å². The Morgan fingerprint density at radius 2 is 1.96 bits per heavy atom. The van der Waals surface area contributed by atoms with Crippen molar-refractivity contribution in [3.05, 3.63) is 59.1 Å². The highest BCUT2D eigenvalue weighted by atomic mass is 35.5. The minimum Gasteiger partial charge on any atom is -0.348 e. The van der Waals surface area contributed by atoms with Gasteiger partial charge in [-0.3, -0.25) is 4.79 Å². The summed E-state index contributed by atoms with van der Waals surface area (Å²) in [5.41, 5.74) is 2.88. The standard InChI is InChI=1S/C20H22ClN3OS/c1-4-12-24-17-11-10-15(21)13-16(17)22-20(24)26-18(19(25)23(2)3)14-8-6-5-7-9-14/h5-11,13,18H,4,12H2,1-3H3. The molecule has 136 valence electrons. The molecule has 0 saturated carbocycles. The molecule has 0 bridgehead atoms. The maximum absolute atomic E-state index is 12.8. The lowest BCUT2D eigenvalue weighted by molar-refractivity contribution is -0.128. The smallest absolute Gasteiger partial charge is 0.240 e. The second-order valence-electron chi connectivity index (χ2n) is 6.32. The van der Waals surface area contributed by atoms with Crippen LogP contribution in [-0.4, -0.2) is 34.5 Å². The van der Waals surface area contributed by atoms with Crippen LogP contribution in [0.25, 0.3) is 11.0 Å². The number of aromatic nitrogens is 2. The second kappa shape index (κ2) is 8.14. The van der Waals surface area contributed by atoms with Gasteiger partial charge in [-0.05, 0) is 30.2 Å². The summed E-state index contributed by atoms with van der Waals surface area (Å²) in [6, 6.07) is 15.6. The predicted octanol–water partition coefficient (Wildman–Crippen LogP) is 5.02. The molecular weight excluding hydrogens is 366 g/mol. The van der Waals surface area contributed by atoms with Crippen LogP contribution in [0.2, 0.25) is 5.02 Å². The third-order valence-electron chi connectivity index (χ3n) is 4.11. The zero-order valence-electron chi connectivity index (χ0n) is 15.1. The van der Waals surface area contributed by atoms with Crippen molar-refractivity contribution in [2.24, 2.45) is 0 Å². The number of nitrogens with zero attached hydrogens (tertiary/aromatic N) is 3. The van der Waals surface area contributed by atoms with Gasteiger partial charge in [0.25, 0.3) is 0 Å². The lowest BCUT2D eigenvalue weighted by Crippen LogP contribution is -2.27. The maximum Gasteiger partial charge on any atom is 0.240 e. The molecule has 3 rings (SSSR count). The first kappa shape index (κ1) is 18.8. The highest BCUT2D eigenvalue weighted by Crippen LogP contribution is 2.38. The average Bonchev–Trinajstić information content (AvgIpc) is 2.96. The number of fused-ring (bicyclic) bond motifs is 1. The van der Waals surface area contributed by atoms with Gasteiger partial charge in [-0.25, -0.2) is 4.98 Å². The van der Waals surface area contributed by atoms with E-state index in [9.17, 15) is 4.79 Å². The Morgan fingerprint density at radius 1 is 1.23 bits per heavy atom. The number of imidazole rings is 1. The first-order valence-electron chi connectivity index (χ1n) is 8.59. The normalized spacial score (nSPS) is 12.3. The molecular formula is C20H22ClN3OS. The maximum atomic E-state index is 12.8. The highest BCUT2D eigenvalue weighted by Gasteiger charge is 2.26. The van der Waals surface area contributed by atoms with E-state index in [1.54, 1.807) is 19.0 Å². The molecule has 26 heavy (non-hydrogen) atoms. The summed E-state index contributed by atoms with van der Waals surface area (Å²) < 4.78 is 2.18. The molecule has 0 aliphatic heterocycles. The van der Waals surface area contributed by atoms with E-state index in [-0.39, 0.29) is 11.2 Å². The van der Waals surface area contributed by atoms with E-state index in [1.807, 2.05) is 48.5 Å². The summed E-state index contributed by atoms with van der Waals surface area (Å²) in [7, 11) is 3.57. The van der Waals surface area contributed by atoms with Crippen LogP contribution in [-0.2, 0) is 11.3 Å². The zero-order valence-corrected chi connectivity index (χ0v) is 16.7. The molecule has 1 atom stereocenters. The SMILES string of the molecule is CCCn1c(SC(C(=O)N(C)C)c2ccccc2)nc2cc(Cl)ccc21. The molecule has 0 radical (unpaired) electrons. The highest BCUT2D eigenvalue weighted by molar-refractivity contribution is 8.00. The van der Waals surface area contributed by atoms with Crippen LogP contribution in [0.3, 0.4) is 0 Å². The summed E-state index contributed by atoms with van der Waals surface area (Å²) in [6.07, 6.45) is 0.985. The molecule has 1 unspecified atom stereocenters. The lowest BCUT2D eigenvalue weighted by Gasteiger charge is -2.20.